The van der Waals surface area contributed by atoms with E-state index in [0.29, 0.717) is 32.1 Å². The van der Waals surface area contributed by atoms with Crippen LogP contribution >= 0.6 is 11.3 Å². The van der Waals surface area contributed by atoms with Gasteiger partial charge in [-0.25, -0.2) is 9.79 Å². The van der Waals surface area contributed by atoms with E-state index in [4.69, 9.17) is 4.74 Å². The Morgan fingerprint density at radius 2 is 1.97 bits per heavy atom. The zero-order valence-electron chi connectivity index (χ0n) is 19.0. The SMILES string of the molecule is CCOC(=O)C1=C(C)N=c2sc(=Cc3cccc(O)c3)c(=O)n2C1c1ccc(C(C)C)cc1. The summed E-state index contributed by atoms with van der Waals surface area (Å²) in [6.07, 6.45) is 1.73. The number of phenolic OH excluding ortho intramolecular Hbond substituents is 1. The number of phenols is 1. The second kappa shape index (κ2) is 9.19. The summed E-state index contributed by atoms with van der Waals surface area (Å²) >= 11 is 1.26. The van der Waals surface area contributed by atoms with Gasteiger partial charge in [0.25, 0.3) is 5.56 Å². The number of carbonyl (C=O) groups excluding carboxylic acids is 1. The molecule has 1 aliphatic rings. The van der Waals surface area contributed by atoms with Crippen LogP contribution in [-0.4, -0.2) is 22.2 Å². The highest BCUT2D eigenvalue weighted by Gasteiger charge is 2.33. The molecule has 2 aromatic carbocycles. The molecule has 3 aromatic rings. The van der Waals surface area contributed by atoms with E-state index in [1.165, 1.54) is 16.9 Å². The second-order valence-electron chi connectivity index (χ2n) is 8.22. The predicted octanol–water partition coefficient (Wildman–Crippen LogP) is 3.63. The van der Waals surface area contributed by atoms with Crippen molar-refractivity contribution >= 4 is 23.4 Å². The standard InChI is InChI=1S/C26H26N2O4S/c1-5-32-25(31)22-16(4)27-26-28(23(22)19-11-9-18(10-12-19)15(2)3)24(30)21(33-26)14-17-7-6-8-20(29)13-17/h6-15,23,29H,5H2,1-4H3. The lowest BCUT2D eigenvalue weighted by atomic mass is 9.93. The zero-order chi connectivity index (χ0) is 23.7. The van der Waals surface area contributed by atoms with Crippen LogP contribution < -0.4 is 14.9 Å². The monoisotopic (exact) mass is 462 g/mol. The van der Waals surface area contributed by atoms with Crippen molar-refractivity contribution in [2.75, 3.05) is 6.61 Å². The maximum absolute atomic E-state index is 13.5. The van der Waals surface area contributed by atoms with Gasteiger partial charge in [0, 0.05) is 0 Å². The lowest BCUT2D eigenvalue weighted by Gasteiger charge is -2.25. The van der Waals surface area contributed by atoms with Gasteiger partial charge < -0.3 is 9.84 Å². The Balaban J connectivity index is 1.94. The highest BCUT2D eigenvalue weighted by Crippen LogP contribution is 2.31. The van der Waals surface area contributed by atoms with Gasteiger partial charge in [0.15, 0.2) is 4.80 Å². The number of fused-ring (bicyclic) bond motifs is 1. The molecule has 0 radical (unpaired) electrons. The molecule has 33 heavy (non-hydrogen) atoms. The smallest absolute Gasteiger partial charge is 0.338 e. The average Bonchev–Trinajstić information content (AvgIpc) is 3.07. The van der Waals surface area contributed by atoms with Crippen LogP contribution in [0.3, 0.4) is 0 Å². The van der Waals surface area contributed by atoms with E-state index >= 15 is 0 Å². The summed E-state index contributed by atoms with van der Waals surface area (Å²) in [5, 5.41) is 9.78. The van der Waals surface area contributed by atoms with Crippen LogP contribution in [0.5, 0.6) is 5.75 Å². The molecule has 1 N–H and O–H groups in total. The van der Waals surface area contributed by atoms with E-state index in [-0.39, 0.29) is 17.9 Å². The summed E-state index contributed by atoms with van der Waals surface area (Å²) in [5.74, 6) is 0.0177. The van der Waals surface area contributed by atoms with Gasteiger partial charge in [-0.15, -0.1) is 0 Å². The number of rotatable bonds is 5. The highest BCUT2D eigenvalue weighted by atomic mass is 32.1. The Hall–Kier alpha value is -3.45. The van der Waals surface area contributed by atoms with Crippen LogP contribution in [0.4, 0.5) is 0 Å². The van der Waals surface area contributed by atoms with Crippen LogP contribution in [0.2, 0.25) is 0 Å². The number of aromatic hydroxyl groups is 1. The maximum Gasteiger partial charge on any atom is 0.338 e. The number of aromatic nitrogens is 1. The average molecular weight is 463 g/mol. The van der Waals surface area contributed by atoms with Gasteiger partial charge in [-0.2, -0.15) is 0 Å². The minimum Gasteiger partial charge on any atom is -0.508 e. The Bertz CT molecular complexity index is 1410. The molecule has 1 aliphatic heterocycles. The van der Waals surface area contributed by atoms with Crippen LogP contribution in [0.15, 0.2) is 69.6 Å². The van der Waals surface area contributed by atoms with Crippen LogP contribution in [-0.2, 0) is 9.53 Å². The fraction of sp³-hybridized carbons (Fsp3) is 0.269. The predicted molar refractivity (Wildman–Crippen MR) is 129 cm³/mol. The summed E-state index contributed by atoms with van der Waals surface area (Å²) in [4.78, 5) is 31.6. The molecule has 0 amide bonds. The first-order chi connectivity index (χ1) is 15.8. The summed E-state index contributed by atoms with van der Waals surface area (Å²) in [5.41, 5.74) is 3.37. The van der Waals surface area contributed by atoms with Crippen molar-refractivity contribution in [3.8, 4) is 5.75 Å². The van der Waals surface area contributed by atoms with E-state index in [1.807, 2.05) is 30.3 Å². The fourth-order valence-corrected chi connectivity index (χ4v) is 4.98. The van der Waals surface area contributed by atoms with E-state index in [1.54, 1.807) is 42.7 Å². The Morgan fingerprint density at radius 3 is 2.61 bits per heavy atom. The van der Waals surface area contributed by atoms with Gasteiger partial charge in [-0.3, -0.25) is 9.36 Å². The molecule has 1 unspecified atom stereocenters. The first-order valence-electron chi connectivity index (χ1n) is 10.9. The van der Waals surface area contributed by atoms with Gasteiger partial charge >= 0.3 is 5.97 Å². The van der Waals surface area contributed by atoms with Crippen molar-refractivity contribution < 1.29 is 14.6 Å². The van der Waals surface area contributed by atoms with E-state index in [0.717, 1.165) is 5.56 Å². The molecule has 0 fully saturated rings. The van der Waals surface area contributed by atoms with E-state index in [9.17, 15) is 14.7 Å². The summed E-state index contributed by atoms with van der Waals surface area (Å²) in [7, 11) is 0. The molecule has 0 saturated heterocycles. The molecule has 2 heterocycles. The molecule has 0 aliphatic carbocycles. The molecule has 170 valence electrons. The van der Waals surface area contributed by atoms with Gasteiger partial charge in [0.2, 0.25) is 0 Å². The van der Waals surface area contributed by atoms with Crippen molar-refractivity contribution in [2.24, 2.45) is 4.99 Å². The number of hydrogen-bond acceptors (Lipinski definition) is 6. The number of nitrogens with zero attached hydrogens (tertiary/aromatic N) is 2. The minimum atomic E-state index is -0.632. The third kappa shape index (κ3) is 4.41. The van der Waals surface area contributed by atoms with Crippen molar-refractivity contribution in [1.29, 1.82) is 0 Å². The molecule has 4 rings (SSSR count). The summed E-state index contributed by atoms with van der Waals surface area (Å²) < 4.78 is 7.38. The number of carbonyl (C=O) groups is 1. The van der Waals surface area contributed by atoms with Crippen molar-refractivity contribution in [1.82, 2.24) is 4.57 Å². The quantitative estimate of drug-likeness (QED) is 0.587. The molecule has 7 heteroatoms. The van der Waals surface area contributed by atoms with Crippen LogP contribution in [0.1, 0.15) is 56.3 Å². The number of ether oxygens (including phenoxy) is 1. The number of hydrogen-bond donors (Lipinski definition) is 1. The van der Waals surface area contributed by atoms with Gasteiger partial charge in [0.1, 0.15) is 5.75 Å². The number of allylic oxidation sites excluding steroid dienone is 1. The summed E-state index contributed by atoms with van der Waals surface area (Å²) in [6, 6.07) is 14.1. The lowest BCUT2D eigenvalue weighted by Crippen LogP contribution is -2.39. The minimum absolute atomic E-state index is 0.125. The molecule has 6 nitrogen and oxygen atoms in total. The van der Waals surface area contributed by atoms with Gasteiger partial charge in [-0.05, 0) is 54.7 Å². The third-order valence-electron chi connectivity index (χ3n) is 5.60. The Labute approximate surface area is 195 Å². The number of benzene rings is 2. The molecular weight excluding hydrogens is 436 g/mol. The van der Waals surface area contributed by atoms with Crippen molar-refractivity contribution in [3.05, 3.63) is 96.2 Å². The fourth-order valence-electron chi connectivity index (χ4n) is 3.94. The first kappa shape index (κ1) is 22.7. The number of esters is 1. The molecule has 1 atom stereocenters. The first-order valence-corrected chi connectivity index (χ1v) is 11.7. The largest absolute Gasteiger partial charge is 0.508 e. The summed E-state index contributed by atoms with van der Waals surface area (Å²) in [6.45, 7) is 8.00. The van der Waals surface area contributed by atoms with Crippen molar-refractivity contribution in [2.45, 2.75) is 39.7 Å². The molecule has 1 aromatic heterocycles. The second-order valence-corrected chi connectivity index (χ2v) is 9.23. The van der Waals surface area contributed by atoms with Gasteiger partial charge in [0.05, 0.1) is 28.5 Å². The van der Waals surface area contributed by atoms with E-state index < -0.39 is 12.0 Å². The number of thiazole rings is 1. The lowest BCUT2D eigenvalue weighted by molar-refractivity contribution is -0.139. The molecule has 0 bridgehead atoms. The Kier molecular flexibility index (Phi) is 6.33. The topological polar surface area (TPSA) is 80.9 Å². The zero-order valence-corrected chi connectivity index (χ0v) is 19.8. The van der Waals surface area contributed by atoms with Crippen LogP contribution in [0, 0.1) is 0 Å². The Morgan fingerprint density at radius 1 is 1.24 bits per heavy atom. The normalized spacial score (nSPS) is 16.0. The third-order valence-corrected chi connectivity index (χ3v) is 6.59. The molecule has 0 saturated carbocycles. The molecule has 0 spiro atoms. The maximum atomic E-state index is 13.5. The van der Waals surface area contributed by atoms with E-state index in [2.05, 4.69) is 18.8 Å². The van der Waals surface area contributed by atoms with Crippen molar-refractivity contribution in [3.63, 3.8) is 0 Å². The highest BCUT2D eigenvalue weighted by molar-refractivity contribution is 7.07. The van der Waals surface area contributed by atoms with Crippen LogP contribution in [0.25, 0.3) is 6.08 Å². The molecular formula is C26H26N2O4S. The van der Waals surface area contributed by atoms with Gasteiger partial charge in [-0.1, -0.05) is 61.6 Å².